The van der Waals surface area contributed by atoms with Crippen LogP contribution < -0.4 is 15.4 Å². The third-order valence-corrected chi connectivity index (χ3v) is 7.61. The Kier molecular flexibility index (Phi) is 6.96. The van der Waals surface area contributed by atoms with E-state index in [9.17, 15) is 18.0 Å². The minimum Gasteiger partial charge on any atom is -0.340 e. The summed E-state index contributed by atoms with van der Waals surface area (Å²) in [5.41, 5.74) is 0.349. The first-order valence-corrected chi connectivity index (χ1v) is 13.2. The molecule has 1 aliphatic rings. The number of amides is 2. The van der Waals surface area contributed by atoms with Gasteiger partial charge in [0.1, 0.15) is 6.04 Å². The Bertz CT molecular complexity index is 1340. The van der Waals surface area contributed by atoms with E-state index in [0.29, 0.717) is 34.4 Å². The molecular formula is C27H31N3O4S. The molecule has 7 nitrogen and oxygen atoms in total. The summed E-state index contributed by atoms with van der Waals surface area (Å²) in [6, 6.07) is 18.3. The van der Waals surface area contributed by atoms with Gasteiger partial charge in [-0.1, -0.05) is 55.3 Å². The summed E-state index contributed by atoms with van der Waals surface area (Å²) >= 11 is 0. The summed E-state index contributed by atoms with van der Waals surface area (Å²) in [5.74, 6) is -0.213. The van der Waals surface area contributed by atoms with Gasteiger partial charge in [-0.2, -0.15) is 0 Å². The number of hydrogen-bond donors (Lipinski definition) is 3. The smallest absolute Gasteiger partial charge is 0.251 e. The van der Waals surface area contributed by atoms with E-state index in [-0.39, 0.29) is 16.7 Å². The third kappa shape index (κ3) is 6.26. The molecule has 3 N–H and O–H groups in total. The molecule has 0 unspecified atom stereocenters. The first-order valence-electron chi connectivity index (χ1n) is 11.8. The van der Waals surface area contributed by atoms with E-state index in [4.69, 9.17) is 0 Å². The fraction of sp³-hybridized carbons (Fsp3) is 0.333. The van der Waals surface area contributed by atoms with Crippen LogP contribution in [0.2, 0.25) is 0 Å². The minimum atomic E-state index is -3.78. The van der Waals surface area contributed by atoms with Crippen LogP contribution in [-0.4, -0.2) is 31.8 Å². The molecule has 35 heavy (non-hydrogen) atoms. The van der Waals surface area contributed by atoms with E-state index < -0.39 is 21.6 Å². The SMILES string of the molecule is CC(C)(C)NS(=O)(=O)c1cccc2c(NC(=O)[C@H](CC3CC3)NC(=O)c3ccccc3)cccc12. The zero-order chi connectivity index (χ0) is 25.2. The normalized spacial score (nSPS) is 14.9. The Morgan fingerprint density at radius 3 is 2.23 bits per heavy atom. The van der Waals surface area contributed by atoms with Crippen LogP contribution in [0.1, 0.15) is 50.4 Å². The van der Waals surface area contributed by atoms with Gasteiger partial charge in [0, 0.05) is 27.6 Å². The molecule has 8 heteroatoms. The van der Waals surface area contributed by atoms with Crippen LogP contribution in [0.3, 0.4) is 0 Å². The van der Waals surface area contributed by atoms with Crippen molar-refractivity contribution in [3.05, 3.63) is 72.3 Å². The molecule has 2 amide bonds. The highest BCUT2D eigenvalue weighted by Gasteiger charge is 2.31. The monoisotopic (exact) mass is 493 g/mol. The molecule has 1 atom stereocenters. The number of anilines is 1. The zero-order valence-corrected chi connectivity index (χ0v) is 21.0. The van der Waals surface area contributed by atoms with Crippen molar-refractivity contribution >= 4 is 38.3 Å². The predicted octanol–water partition coefficient (Wildman–Crippen LogP) is 4.45. The molecular weight excluding hydrogens is 462 g/mol. The third-order valence-electron chi connectivity index (χ3n) is 5.79. The zero-order valence-electron chi connectivity index (χ0n) is 20.2. The largest absolute Gasteiger partial charge is 0.340 e. The molecule has 0 aromatic heterocycles. The second kappa shape index (κ2) is 9.79. The van der Waals surface area contributed by atoms with E-state index in [1.807, 2.05) is 6.07 Å². The van der Waals surface area contributed by atoms with Crippen molar-refractivity contribution in [1.82, 2.24) is 10.0 Å². The molecule has 0 saturated heterocycles. The molecule has 0 aliphatic heterocycles. The van der Waals surface area contributed by atoms with Crippen molar-refractivity contribution < 1.29 is 18.0 Å². The van der Waals surface area contributed by atoms with Crippen LogP contribution in [0.5, 0.6) is 0 Å². The van der Waals surface area contributed by atoms with E-state index in [0.717, 1.165) is 12.8 Å². The van der Waals surface area contributed by atoms with E-state index in [1.54, 1.807) is 81.4 Å². The average Bonchev–Trinajstić information content (AvgIpc) is 3.61. The lowest BCUT2D eigenvalue weighted by Gasteiger charge is -2.22. The van der Waals surface area contributed by atoms with Gasteiger partial charge < -0.3 is 10.6 Å². The number of hydrogen-bond acceptors (Lipinski definition) is 4. The second-order valence-electron chi connectivity index (χ2n) is 10.1. The summed E-state index contributed by atoms with van der Waals surface area (Å²) in [5, 5.41) is 6.93. The van der Waals surface area contributed by atoms with Gasteiger partial charge in [-0.25, -0.2) is 13.1 Å². The van der Waals surface area contributed by atoms with Gasteiger partial charge >= 0.3 is 0 Å². The number of carbonyl (C=O) groups excluding carboxylic acids is 2. The molecule has 3 aromatic carbocycles. The molecule has 3 aromatic rings. The standard InChI is InChI=1S/C27H31N3O4S/c1-27(2,3)30-35(33,34)24-14-8-11-20-21(24)12-7-13-22(20)28-26(32)23(17-18-15-16-18)29-25(31)19-9-5-4-6-10-19/h4-14,18,23,30H,15-17H2,1-3H3,(H,28,32)(H,29,31)/t23-/m0/s1. The highest BCUT2D eigenvalue weighted by Crippen LogP contribution is 2.34. The molecule has 0 bridgehead atoms. The maximum absolute atomic E-state index is 13.3. The van der Waals surface area contributed by atoms with Gasteiger partial charge in [-0.15, -0.1) is 0 Å². The fourth-order valence-corrected chi connectivity index (χ4v) is 5.69. The highest BCUT2D eigenvalue weighted by atomic mass is 32.2. The number of nitrogens with one attached hydrogen (secondary N) is 3. The molecule has 0 spiro atoms. The Labute approximate surface area is 206 Å². The minimum absolute atomic E-state index is 0.146. The number of rotatable bonds is 8. The second-order valence-corrected chi connectivity index (χ2v) is 11.7. The number of sulfonamides is 1. The van der Waals surface area contributed by atoms with Crippen LogP contribution >= 0.6 is 0 Å². The van der Waals surface area contributed by atoms with Crippen molar-refractivity contribution in [3.8, 4) is 0 Å². The molecule has 0 radical (unpaired) electrons. The Morgan fingerprint density at radius 1 is 0.914 bits per heavy atom. The lowest BCUT2D eigenvalue weighted by atomic mass is 10.1. The molecule has 184 valence electrons. The van der Waals surface area contributed by atoms with Crippen LogP contribution in [0.25, 0.3) is 10.8 Å². The van der Waals surface area contributed by atoms with Gasteiger partial charge in [0.15, 0.2) is 0 Å². The van der Waals surface area contributed by atoms with Crippen molar-refractivity contribution in [2.45, 2.75) is 56.5 Å². The van der Waals surface area contributed by atoms with Crippen molar-refractivity contribution in [2.75, 3.05) is 5.32 Å². The first kappa shape index (κ1) is 24.9. The van der Waals surface area contributed by atoms with Gasteiger partial charge in [-0.3, -0.25) is 9.59 Å². The highest BCUT2D eigenvalue weighted by molar-refractivity contribution is 7.89. The van der Waals surface area contributed by atoms with E-state index in [1.165, 1.54) is 0 Å². The summed E-state index contributed by atoms with van der Waals surface area (Å²) in [6.07, 6.45) is 2.65. The van der Waals surface area contributed by atoms with E-state index in [2.05, 4.69) is 15.4 Å². The van der Waals surface area contributed by atoms with Crippen LogP contribution in [-0.2, 0) is 14.8 Å². The topological polar surface area (TPSA) is 104 Å². The number of benzene rings is 3. The maximum atomic E-state index is 13.3. The van der Waals surface area contributed by atoms with Gasteiger partial charge in [-0.05, 0) is 57.4 Å². The van der Waals surface area contributed by atoms with Crippen LogP contribution in [0, 0.1) is 5.92 Å². The molecule has 4 rings (SSSR count). The van der Waals surface area contributed by atoms with Crippen molar-refractivity contribution in [3.63, 3.8) is 0 Å². The number of fused-ring (bicyclic) bond motifs is 1. The van der Waals surface area contributed by atoms with Crippen molar-refractivity contribution in [1.29, 1.82) is 0 Å². The Hall–Kier alpha value is -3.23. The summed E-state index contributed by atoms with van der Waals surface area (Å²) in [7, 11) is -3.78. The van der Waals surface area contributed by atoms with Crippen LogP contribution in [0.15, 0.2) is 71.6 Å². The fourth-order valence-electron chi connectivity index (χ4n) is 4.05. The van der Waals surface area contributed by atoms with Gasteiger partial charge in [0.05, 0.1) is 4.90 Å². The van der Waals surface area contributed by atoms with E-state index >= 15 is 0 Å². The summed E-state index contributed by atoms with van der Waals surface area (Å²) in [6.45, 7) is 5.35. The number of carbonyl (C=O) groups is 2. The predicted molar refractivity (Wildman–Crippen MR) is 138 cm³/mol. The molecule has 0 heterocycles. The lowest BCUT2D eigenvalue weighted by molar-refractivity contribution is -0.118. The van der Waals surface area contributed by atoms with Gasteiger partial charge in [0.2, 0.25) is 15.9 Å². The Balaban J connectivity index is 1.61. The molecule has 1 saturated carbocycles. The summed E-state index contributed by atoms with van der Waals surface area (Å²) in [4.78, 5) is 26.2. The van der Waals surface area contributed by atoms with Crippen molar-refractivity contribution in [2.24, 2.45) is 5.92 Å². The Morgan fingerprint density at radius 2 is 1.57 bits per heavy atom. The molecule has 1 fully saturated rings. The summed E-state index contributed by atoms with van der Waals surface area (Å²) < 4.78 is 28.8. The lowest BCUT2D eigenvalue weighted by Crippen LogP contribution is -2.44. The first-order chi connectivity index (χ1) is 16.5. The van der Waals surface area contributed by atoms with Gasteiger partial charge in [0.25, 0.3) is 5.91 Å². The van der Waals surface area contributed by atoms with Crippen LogP contribution in [0.4, 0.5) is 5.69 Å². The molecule has 1 aliphatic carbocycles. The quantitative estimate of drug-likeness (QED) is 0.431. The average molecular weight is 494 g/mol. The maximum Gasteiger partial charge on any atom is 0.251 e.